The Morgan fingerprint density at radius 1 is 1.83 bits per heavy atom. The van der Waals surface area contributed by atoms with Crippen LogP contribution in [0.25, 0.3) is 0 Å². The van der Waals surface area contributed by atoms with Crippen molar-refractivity contribution in [2.45, 2.75) is 13.0 Å². The van der Waals surface area contributed by atoms with Gasteiger partial charge in [0.25, 0.3) is 0 Å². The molecule has 0 aromatic heterocycles. The molecular formula is C5H6O. The maximum atomic E-state index is 4.78. The summed E-state index contributed by atoms with van der Waals surface area (Å²) in [4.78, 5) is 0. The molecule has 0 N–H and O–H groups in total. The molecular weight excluding hydrogens is 76.1 g/mol. The Bertz CT molecular complexity index is 92.2. The Labute approximate surface area is 37.3 Å². The van der Waals surface area contributed by atoms with Gasteiger partial charge in [-0.1, -0.05) is 5.92 Å². The molecule has 1 unspecified atom stereocenters. The predicted molar refractivity (Wildman–Crippen MR) is 23.2 cm³/mol. The molecule has 1 heterocycles. The molecule has 32 valence electrons. The van der Waals surface area contributed by atoms with Crippen LogP contribution in [0.2, 0.25) is 0 Å². The first-order chi connectivity index (χ1) is 2.93. The fourth-order valence-electron chi connectivity index (χ4n) is 0.292. The van der Waals surface area contributed by atoms with Gasteiger partial charge in [-0.2, -0.15) is 0 Å². The Morgan fingerprint density at radius 2 is 2.50 bits per heavy atom. The molecule has 0 spiro atoms. The van der Waals surface area contributed by atoms with Gasteiger partial charge in [-0.25, -0.2) is 0 Å². The van der Waals surface area contributed by atoms with Crippen molar-refractivity contribution in [1.29, 1.82) is 0 Å². The minimum absolute atomic E-state index is 0.287. The van der Waals surface area contributed by atoms with E-state index in [0.29, 0.717) is 0 Å². The molecule has 0 aromatic rings. The van der Waals surface area contributed by atoms with Crippen LogP contribution in [0.5, 0.6) is 0 Å². The fourth-order valence-corrected chi connectivity index (χ4v) is 0.292. The van der Waals surface area contributed by atoms with E-state index in [1.165, 1.54) is 0 Å². The number of epoxide rings is 1. The average Bonchev–Trinajstić information content (AvgIpc) is 2.21. The van der Waals surface area contributed by atoms with E-state index in [-0.39, 0.29) is 6.10 Å². The summed E-state index contributed by atoms with van der Waals surface area (Å²) in [6.07, 6.45) is 0.287. The second-order valence-electron chi connectivity index (χ2n) is 1.22. The molecule has 1 nitrogen and oxygen atoms in total. The first-order valence-electron chi connectivity index (χ1n) is 1.97. The summed E-state index contributed by atoms with van der Waals surface area (Å²) >= 11 is 0. The third kappa shape index (κ3) is 0.734. The molecule has 1 atom stereocenters. The van der Waals surface area contributed by atoms with Gasteiger partial charge in [0.15, 0.2) is 0 Å². The summed E-state index contributed by atoms with van der Waals surface area (Å²) in [5.41, 5.74) is 0. The monoisotopic (exact) mass is 82.0 g/mol. The zero-order chi connectivity index (χ0) is 4.41. The maximum absolute atomic E-state index is 4.78. The van der Waals surface area contributed by atoms with Gasteiger partial charge in [-0.3, -0.25) is 0 Å². The molecule has 0 bridgehead atoms. The van der Waals surface area contributed by atoms with Gasteiger partial charge in [0.05, 0.1) is 6.61 Å². The van der Waals surface area contributed by atoms with Gasteiger partial charge in [0.1, 0.15) is 6.10 Å². The minimum atomic E-state index is 0.287. The zero-order valence-corrected chi connectivity index (χ0v) is 3.69. The van der Waals surface area contributed by atoms with Crippen LogP contribution in [0.1, 0.15) is 6.92 Å². The third-order valence-corrected chi connectivity index (χ3v) is 0.639. The van der Waals surface area contributed by atoms with Crippen molar-refractivity contribution in [1.82, 2.24) is 0 Å². The summed E-state index contributed by atoms with van der Waals surface area (Å²) in [7, 11) is 0. The molecule has 1 heteroatoms. The third-order valence-electron chi connectivity index (χ3n) is 0.639. The normalized spacial score (nSPS) is 27.8. The Balaban J connectivity index is 2.27. The van der Waals surface area contributed by atoms with Crippen LogP contribution in [0.3, 0.4) is 0 Å². The molecule has 6 heavy (non-hydrogen) atoms. The molecule has 1 saturated heterocycles. The highest BCUT2D eigenvalue weighted by atomic mass is 16.6. The van der Waals surface area contributed by atoms with E-state index in [0.717, 1.165) is 6.61 Å². The van der Waals surface area contributed by atoms with Crippen LogP contribution < -0.4 is 0 Å². The topological polar surface area (TPSA) is 12.5 Å². The van der Waals surface area contributed by atoms with Crippen LogP contribution in [0.15, 0.2) is 0 Å². The van der Waals surface area contributed by atoms with E-state index in [2.05, 4.69) is 11.8 Å². The summed E-state index contributed by atoms with van der Waals surface area (Å²) < 4.78 is 4.78. The van der Waals surface area contributed by atoms with E-state index in [1.807, 2.05) is 6.92 Å². The molecule has 1 aliphatic rings. The molecule has 0 aromatic carbocycles. The first kappa shape index (κ1) is 3.70. The van der Waals surface area contributed by atoms with Crippen molar-refractivity contribution in [3.63, 3.8) is 0 Å². The summed E-state index contributed by atoms with van der Waals surface area (Å²) in [6, 6.07) is 0. The van der Waals surface area contributed by atoms with E-state index in [1.54, 1.807) is 0 Å². The van der Waals surface area contributed by atoms with E-state index >= 15 is 0 Å². The second-order valence-corrected chi connectivity index (χ2v) is 1.22. The lowest BCUT2D eigenvalue weighted by atomic mass is 10.5. The van der Waals surface area contributed by atoms with Gasteiger partial charge < -0.3 is 4.74 Å². The largest absolute Gasteiger partial charge is 0.359 e. The van der Waals surface area contributed by atoms with Crippen LogP contribution in [0, 0.1) is 11.8 Å². The predicted octanol–water partition coefficient (Wildman–Crippen LogP) is 0.408. The molecule has 1 aliphatic heterocycles. The standard InChI is InChI=1S/C5H6O/c1-2-3-5-4-6-5/h5H,4H2,1H3. The van der Waals surface area contributed by atoms with Crippen molar-refractivity contribution < 1.29 is 4.74 Å². The molecule has 1 rings (SSSR count). The highest BCUT2D eigenvalue weighted by Gasteiger charge is 2.17. The van der Waals surface area contributed by atoms with Crippen molar-refractivity contribution in [3.05, 3.63) is 0 Å². The molecule has 0 saturated carbocycles. The van der Waals surface area contributed by atoms with Crippen molar-refractivity contribution in [2.24, 2.45) is 0 Å². The molecule has 0 radical (unpaired) electrons. The number of ether oxygens (including phenoxy) is 1. The van der Waals surface area contributed by atoms with E-state index < -0.39 is 0 Å². The van der Waals surface area contributed by atoms with Gasteiger partial charge in [-0.15, -0.1) is 5.92 Å². The average molecular weight is 82.1 g/mol. The van der Waals surface area contributed by atoms with Gasteiger partial charge in [0.2, 0.25) is 0 Å². The van der Waals surface area contributed by atoms with E-state index in [4.69, 9.17) is 4.74 Å². The Hall–Kier alpha value is -0.480. The van der Waals surface area contributed by atoms with E-state index in [9.17, 15) is 0 Å². The van der Waals surface area contributed by atoms with Crippen LogP contribution in [-0.2, 0) is 4.74 Å². The molecule has 0 aliphatic carbocycles. The lowest BCUT2D eigenvalue weighted by Crippen LogP contribution is -1.70. The van der Waals surface area contributed by atoms with Crippen molar-refractivity contribution in [2.75, 3.05) is 6.61 Å². The van der Waals surface area contributed by atoms with Crippen LogP contribution in [-0.4, -0.2) is 12.7 Å². The Kier molecular flexibility index (Phi) is 0.813. The number of hydrogen-bond donors (Lipinski definition) is 0. The Morgan fingerprint density at radius 3 is 2.67 bits per heavy atom. The van der Waals surface area contributed by atoms with Crippen LogP contribution in [0.4, 0.5) is 0 Å². The van der Waals surface area contributed by atoms with Crippen molar-refractivity contribution >= 4 is 0 Å². The fraction of sp³-hybridized carbons (Fsp3) is 0.600. The lowest BCUT2D eigenvalue weighted by molar-refractivity contribution is 0.445. The van der Waals surface area contributed by atoms with Gasteiger partial charge >= 0.3 is 0 Å². The quantitative estimate of drug-likeness (QED) is 0.304. The summed E-state index contributed by atoms with van der Waals surface area (Å²) in [5, 5.41) is 0. The highest BCUT2D eigenvalue weighted by molar-refractivity contribution is 5.07. The van der Waals surface area contributed by atoms with Crippen LogP contribution >= 0.6 is 0 Å². The minimum Gasteiger partial charge on any atom is -0.359 e. The smallest absolute Gasteiger partial charge is 0.141 e. The summed E-state index contributed by atoms with van der Waals surface area (Å²) in [6.45, 7) is 2.67. The highest BCUT2D eigenvalue weighted by Crippen LogP contribution is 2.04. The van der Waals surface area contributed by atoms with Crippen molar-refractivity contribution in [3.8, 4) is 11.8 Å². The molecule has 1 fully saturated rings. The van der Waals surface area contributed by atoms with Gasteiger partial charge in [0, 0.05) is 0 Å². The molecule has 0 amide bonds. The van der Waals surface area contributed by atoms with Gasteiger partial charge in [-0.05, 0) is 6.92 Å². The second kappa shape index (κ2) is 1.32. The lowest BCUT2D eigenvalue weighted by Gasteiger charge is -1.59. The SMILES string of the molecule is CC#CC1CO1. The first-order valence-corrected chi connectivity index (χ1v) is 1.97. The number of hydrogen-bond acceptors (Lipinski definition) is 1. The zero-order valence-electron chi connectivity index (χ0n) is 3.69. The number of rotatable bonds is 0. The summed E-state index contributed by atoms with van der Waals surface area (Å²) in [5.74, 6) is 5.60. The maximum Gasteiger partial charge on any atom is 0.141 e.